The third kappa shape index (κ3) is 1.80. The van der Waals surface area contributed by atoms with E-state index in [1.165, 1.54) is 6.92 Å². The van der Waals surface area contributed by atoms with E-state index >= 15 is 0 Å². The third-order valence-electron chi connectivity index (χ3n) is 1.59. The predicted molar refractivity (Wildman–Crippen MR) is 50.3 cm³/mol. The molecule has 0 atom stereocenters. The van der Waals surface area contributed by atoms with Crippen LogP contribution < -0.4 is 4.74 Å². The van der Waals surface area contributed by atoms with E-state index < -0.39 is 0 Å². The van der Waals surface area contributed by atoms with Gasteiger partial charge in [-0.05, 0) is 25.1 Å². The van der Waals surface area contributed by atoms with Crippen molar-refractivity contribution in [3.05, 3.63) is 23.8 Å². The Kier molecular flexibility index (Phi) is 2.76. The predicted octanol–water partition coefficient (Wildman–Crippen LogP) is 2.19. The van der Waals surface area contributed by atoms with E-state index in [1.54, 1.807) is 25.3 Å². The Hall–Kier alpha value is -0.960. The van der Waals surface area contributed by atoms with Crippen molar-refractivity contribution in [2.45, 2.75) is 11.8 Å². The number of carbonyl (C=O) groups excluding carboxylic acids is 1. The average molecular weight is 182 g/mol. The number of ketones is 1. The Morgan fingerprint density at radius 3 is 2.58 bits per heavy atom. The lowest BCUT2D eigenvalue weighted by atomic mass is 10.1. The monoisotopic (exact) mass is 182 g/mol. The molecule has 0 aliphatic rings. The van der Waals surface area contributed by atoms with Crippen molar-refractivity contribution < 1.29 is 9.53 Å². The van der Waals surface area contributed by atoms with Crippen LogP contribution in [0, 0.1) is 0 Å². The number of benzene rings is 1. The minimum Gasteiger partial charge on any atom is -0.496 e. The summed E-state index contributed by atoms with van der Waals surface area (Å²) < 4.78 is 4.99. The second-order valence-corrected chi connectivity index (χ2v) is 2.92. The van der Waals surface area contributed by atoms with Crippen LogP contribution in [0.1, 0.15) is 17.3 Å². The lowest BCUT2D eigenvalue weighted by Crippen LogP contribution is -1.93. The molecule has 1 aromatic carbocycles. The van der Waals surface area contributed by atoms with Crippen LogP contribution in [0.25, 0.3) is 0 Å². The number of rotatable bonds is 2. The van der Waals surface area contributed by atoms with Crippen LogP contribution in [0.3, 0.4) is 0 Å². The molecular weight excluding hydrogens is 172 g/mol. The molecule has 3 heteroatoms. The maximum atomic E-state index is 10.9. The van der Waals surface area contributed by atoms with E-state index in [2.05, 4.69) is 12.6 Å². The van der Waals surface area contributed by atoms with Gasteiger partial charge in [-0.15, -0.1) is 12.6 Å². The van der Waals surface area contributed by atoms with Crippen LogP contribution in [0.2, 0.25) is 0 Å². The minimum absolute atomic E-state index is 0.0351. The molecule has 0 aromatic heterocycles. The zero-order valence-electron chi connectivity index (χ0n) is 7.00. The van der Waals surface area contributed by atoms with Crippen LogP contribution in [0.15, 0.2) is 23.1 Å². The zero-order valence-corrected chi connectivity index (χ0v) is 7.89. The van der Waals surface area contributed by atoms with Gasteiger partial charge in [-0.2, -0.15) is 0 Å². The number of hydrogen-bond acceptors (Lipinski definition) is 3. The van der Waals surface area contributed by atoms with Crippen molar-refractivity contribution in [2.24, 2.45) is 0 Å². The van der Waals surface area contributed by atoms with E-state index in [4.69, 9.17) is 4.74 Å². The summed E-state index contributed by atoms with van der Waals surface area (Å²) in [6.07, 6.45) is 0. The van der Waals surface area contributed by atoms with Crippen LogP contribution in [0.5, 0.6) is 5.75 Å². The van der Waals surface area contributed by atoms with Gasteiger partial charge in [0, 0.05) is 10.5 Å². The molecule has 1 aromatic rings. The first-order chi connectivity index (χ1) is 5.65. The molecule has 0 unspecified atom stereocenters. The van der Waals surface area contributed by atoms with E-state index in [0.717, 1.165) is 0 Å². The average Bonchev–Trinajstić information content (AvgIpc) is 2.04. The topological polar surface area (TPSA) is 26.3 Å². The summed E-state index contributed by atoms with van der Waals surface area (Å²) in [5.41, 5.74) is 0.654. The standard InChI is InChI=1S/C9H10O2S/c1-6(10)7-3-4-8(11-2)9(12)5-7/h3-5,12H,1-2H3. The van der Waals surface area contributed by atoms with Gasteiger partial charge in [0.2, 0.25) is 0 Å². The van der Waals surface area contributed by atoms with Gasteiger partial charge >= 0.3 is 0 Å². The molecule has 64 valence electrons. The summed E-state index contributed by atoms with van der Waals surface area (Å²) in [5.74, 6) is 0.719. The molecule has 0 radical (unpaired) electrons. The Morgan fingerprint density at radius 2 is 2.17 bits per heavy atom. The van der Waals surface area contributed by atoms with Gasteiger partial charge in [0.05, 0.1) is 7.11 Å². The van der Waals surface area contributed by atoms with Crippen molar-refractivity contribution in [3.63, 3.8) is 0 Å². The number of carbonyl (C=O) groups is 1. The van der Waals surface area contributed by atoms with Gasteiger partial charge in [-0.1, -0.05) is 0 Å². The first-order valence-corrected chi connectivity index (χ1v) is 3.98. The van der Waals surface area contributed by atoms with Crippen molar-refractivity contribution in [2.75, 3.05) is 7.11 Å². The molecule has 0 bridgehead atoms. The van der Waals surface area contributed by atoms with Crippen molar-refractivity contribution in [3.8, 4) is 5.75 Å². The summed E-state index contributed by atoms with van der Waals surface area (Å²) in [5, 5.41) is 0. The molecule has 0 spiro atoms. The second-order valence-electron chi connectivity index (χ2n) is 2.44. The normalized spacial score (nSPS) is 9.58. The SMILES string of the molecule is COc1ccc(C(C)=O)cc1S. The maximum Gasteiger partial charge on any atom is 0.159 e. The van der Waals surface area contributed by atoms with Gasteiger partial charge in [-0.25, -0.2) is 0 Å². The Bertz CT molecular complexity index is 307. The number of thiol groups is 1. The Labute approximate surface area is 77.0 Å². The highest BCUT2D eigenvalue weighted by Gasteiger charge is 2.03. The molecule has 1 rings (SSSR count). The lowest BCUT2D eigenvalue weighted by Gasteiger charge is -2.03. The quantitative estimate of drug-likeness (QED) is 0.560. The molecule has 0 fully saturated rings. The van der Waals surface area contributed by atoms with E-state index in [0.29, 0.717) is 16.2 Å². The maximum absolute atomic E-state index is 10.9. The molecule has 0 heterocycles. The highest BCUT2D eigenvalue weighted by Crippen LogP contribution is 2.23. The zero-order chi connectivity index (χ0) is 9.14. The van der Waals surface area contributed by atoms with Gasteiger partial charge in [-0.3, -0.25) is 4.79 Å². The molecule has 0 aliphatic carbocycles. The summed E-state index contributed by atoms with van der Waals surface area (Å²) in [6.45, 7) is 1.52. The first-order valence-electron chi connectivity index (χ1n) is 3.53. The second kappa shape index (κ2) is 3.63. The summed E-state index contributed by atoms with van der Waals surface area (Å²) in [4.78, 5) is 11.6. The highest BCUT2D eigenvalue weighted by molar-refractivity contribution is 7.80. The molecule has 2 nitrogen and oxygen atoms in total. The molecule has 12 heavy (non-hydrogen) atoms. The van der Waals surface area contributed by atoms with E-state index in [1.807, 2.05) is 0 Å². The van der Waals surface area contributed by atoms with E-state index in [-0.39, 0.29) is 5.78 Å². The lowest BCUT2D eigenvalue weighted by molar-refractivity contribution is 0.101. The number of Topliss-reactive ketones (excluding diaryl/α,β-unsaturated/α-hetero) is 1. The van der Waals surface area contributed by atoms with Gasteiger partial charge in [0.25, 0.3) is 0 Å². The smallest absolute Gasteiger partial charge is 0.159 e. The fraction of sp³-hybridized carbons (Fsp3) is 0.222. The molecule has 0 aliphatic heterocycles. The minimum atomic E-state index is 0.0351. The van der Waals surface area contributed by atoms with Gasteiger partial charge in [0.1, 0.15) is 5.75 Å². The summed E-state index contributed by atoms with van der Waals surface area (Å²) in [6, 6.07) is 5.16. The van der Waals surface area contributed by atoms with Gasteiger partial charge < -0.3 is 4.74 Å². The van der Waals surface area contributed by atoms with Crippen molar-refractivity contribution in [1.29, 1.82) is 0 Å². The van der Waals surface area contributed by atoms with Crippen LogP contribution in [-0.4, -0.2) is 12.9 Å². The number of hydrogen-bond donors (Lipinski definition) is 1. The third-order valence-corrected chi connectivity index (χ3v) is 1.93. The molecule has 0 N–H and O–H groups in total. The van der Waals surface area contributed by atoms with Crippen molar-refractivity contribution in [1.82, 2.24) is 0 Å². The van der Waals surface area contributed by atoms with Crippen LogP contribution in [0.4, 0.5) is 0 Å². The first kappa shape index (κ1) is 9.13. The molecular formula is C9H10O2S. The van der Waals surface area contributed by atoms with Crippen LogP contribution >= 0.6 is 12.6 Å². The Morgan fingerprint density at radius 1 is 1.50 bits per heavy atom. The molecule has 0 amide bonds. The largest absolute Gasteiger partial charge is 0.496 e. The fourth-order valence-corrected chi connectivity index (χ4v) is 1.21. The van der Waals surface area contributed by atoms with E-state index in [9.17, 15) is 4.79 Å². The van der Waals surface area contributed by atoms with Crippen molar-refractivity contribution >= 4 is 18.4 Å². The molecule has 0 saturated heterocycles. The summed E-state index contributed by atoms with van der Waals surface area (Å²) >= 11 is 4.17. The summed E-state index contributed by atoms with van der Waals surface area (Å²) in [7, 11) is 1.57. The molecule has 0 saturated carbocycles. The Balaban J connectivity index is 3.10. The highest BCUT2D eigenvalue weighted by atomic mass is 32.1. The number of methoxy groups -OCH3 is 1. The van der Waals surface area contributed by atoms with Gasteiger partial charge in [0.15, 0.2) is 5.78 Å². The fourth-order valence-electron chi connectivity index (χ4n) is 0.909. The van der Waals surface area contributed by atoms with Crippen LogP contribution in [-0.2, 0) is 0 Å². The number of ether oxygens (including phenoxy) is 1.